The smallest absolute Gasteiger partial charge is 0.257 e. The molecule has 0 heterocycles. The lowest BCUT2D eigenvalue weighted by molar-refractivity contribution is -0.122. The van der Waals surface area contributed by atoms with E-state index in [0.717, 1.165) is 25.1 Å². The van der Waals surface area contributed by atoms with Crippen molar-refractivity contribution in [2.24, 2.45) is 10.7 Å². The summed E-state index contributed by atoms with van der Waals surface area (Å²) in [6.07, 6.45) is 0.882. The zero-order valence-corrected chi connectivity index (χ0v) is 17.2. The van der Waals surface area contributed by atoms with Crippen molar-refractivity contribution in [1.82, 2.24) is 10.6 Å². The molecule has 4 N–H and O–H groups in total. The zero-order valence-electron chi connectivity index (χ0n) is 14.9. The van der Waals surface area contributed by atoms with Crippen LogP contribution in [0.1, 0.15) is 25.8 Å². The number of carbonyl (C=O) groups excluding carboxylic acids is 1. The van der Waals surface area contributed by atoms with Crippen LogP contribution in [0, 0.1) is 0 Å². The predicted octanol–water partition coefficient (Wildman–Crippen LogP) is 1.65. The number of carbonyl (C=O) groups is 1. The van der Waals surface area contributed by atoms with E-state index in [4.69, 9.17) is 15.2 Å². The van der Waals surface area contributed by atoms with Crippen LogP contribution in [-0.2, 0) is 16.1 Å². The van der Waals surface area contributed by atoms with Gasteiger partial charge in [-0.05, 0) is 38.0 Å². The molecular formula is C17H29IN4O3. The van der Waals surface area contributed by atoms with Crippen LogP contribution in [0.4, 0.5) is 0 Å². The molecule has 1 aromatic carbocycles. The van der Waals surface area contributed by atoms with Gasteiger partial charge in [0, 0.05) is 26.3 Å². The summed E-state index contributed by atoms with van der Waals surface area (Å²) in [5, 5.41) is 5.73. The molecule has 8 heteroatoms. The van der Waals surface area contributed by atoms with Gasteiger partial charge < -0.3 is 25.8 Å². The molecule has 0 saturated carbocycles. The van der Waals surface area contributed by atoms with Crippen LogP contribution < -0.4 is 21.1 Å². The number of nitrogens with two attached hydrogens (primary N) is 1. The molecule has 0 aliphatic carbocycles. The fraction of sp³-hybridized carbons (Fsp3) is 0.529. The van der Waals surface area contributed by atoms with E-state index >= 15 is 0 Å². The second-order valence-electron chi connectivity index (χ2n) is 5.07. The van der Waals surface area contributed by atoms with E-state index in [9.17, 15) is 4.79 Å². The van der Waals surface area contributed by atoms with Gasteiger partial charge in [-0.15, -0.1) is 24.0 Å². The monoisotopic (exact) mass is 464 g/mol. The van der Waals surface area contributed by atoms with Crippen molar-refractivity contribution in [3.8, 4) is 5.75 Å². The highest BCUT2D eigenvalue weighted by Gasteiger charge is 2.02. The Balaban J connectivity index is 0.00000576. The third-order valence-electron chi connectivity index (χ3n) is 3.05. The Kier molecular flexibility index (Phi) is 13.8. The highest BCUT2D eigenvalue weighted by atomic mass is 127. The molecule has 0 aliphatic rings. The number of amides is 1. The first-order chi connectivity index (χ1) is 11.7. The summed E-state index contributed by atoms with van der Waals surface area (Å²) < 4.78 is 10.7. The summed E-state index contributed by atoms with van der Waals surface area (Å²) in [7, 11) is 0. The van der Waals surface area contributed by atoms with Crippen molar-refractivity contribution in [3.05, 3.63) is 29.8 Å². The van der Waals surface area contributed by atoms with E-state index in [2.05, 4.69) is 15.6 Å². The fourth-order valence-corrected chi connectivity index (χ4v) is 1.90. The predicted molar refractivity (Wildman–Crippen MR) is 110 cm³/mol. The molecule has 0 fully saturated rings. The highest BCUT2D eigenvalue weighted by Crippen LogP contribution is 2.13. The van der Waals surface area contributed by atoms with Gasteiger partial charge in [0.15, 0.2) is 12.6 Å². The Morgan fingerprint density at radius 1 is 1.28 bits per heavy atom. The number of aliphatic imine (C=N–C) groups is 1. The molecule has 0 bridgehead atoms. The molecule has 1 rings (SSSR count). The summed E-state index contributed by atoms with van der Waals surface area (Å²) in [5.74, 6) is 0.902. The molecule has 1 amide bonds. The molecule has 0 aliphatic heterocycles. The van der Waals surface area contributed by atoms with Gasteiger partial charge in [-0.1, -0.05) is 12.1 Å². The van der Waals surface area contributed by atoms with Gasteiger partial charge >= 0.3 is 0 Å². The van der Waals surface area contributed by atoms with Crippen molar-refractivity contribution in [3.63, 3.8) is 0 Å². The normalized spacial score (nSPS) is 10.7. The second-order valence-corrected chi connectivity index (χ2v) is 5.07. The Morgan fingerprint density at radius 3 is 2.80 bits per heavy atom. The standard InChI is InChI=1S/C17H28N4O3.HI/c1-3-19-16(22)13-24-15-8-5-7-14(11-15)12-21-17(18)20-9-6-10-23-4-2;/h5,7-8,11H,3-4,6,9-10,12-13H2,1-2H3,(H,19,22)(H3,18,20,21);1H. The number of hydrogen-bond acceptors (Lipinski definition) is 4. The molecule has 0 unspecified atom stereocenters. The van der Waals surface area contributed by atoms with E-state index in [0.29, 0.717) is 31.4 Å². The Morgan fingerprint density at radius 2 is 2.08 bits per heavy atom. The Hall–Kier alpha value is -1.55. The minimum atomic E-state index is -0.138. The number of rotatable bonds is 11. The van der Waals surface area contributed by atoms with Crippen LogP contribution in [0.15, 0.2) is 29.3 Å². The first kappa shape index (κ1) is 23.4. The average Bonchev–Trinajstić information content (AvgIpc) is 2.59. The second kappa shape index (κ2) is 14.8. The lowest BCUT2D eigenvalue weighted by Gasteiger charge is -2.08. The molecule has 0 atom stereocenters. The molecule has 0 saturated heterocycles. The minimum Gasteiger partial charge on any atom is -0.484 e. The van der Waals surface area contributed by atoms with Crippen molar-refractivity contribution in [1.29, 1.82) is 0 Å². The van der Waals surface area contributed by atoms with Crippen LogP contribution in [0.5, 0.6) is 5.75 Å². The van der Waals surface area contributed by atoms with Crippen LogP contribution in [0.3, 0.4) is 0 Å². The maximum atomic E-state index is 11.4. The number of nitrogens with one attached hydrogen (secondary N) is 2. The van der Waals surface area contributed by atoms with Crippen LogP contribution in [0.2, 0.25) is 0 Å². The van der Waals surface area contributed by atoms with Crippen molar-refractivity contribution in [2.45, 2.75) is 26.8 Å². The Labute approximate surface area is 166 Å². The summed E-state index contributed by atoms with van der Waals surface area (Å²) in [4.78, 5) is 15.7. The topological polar surface area (TPSA) is 98.0 Å². The highest BCUT2D eigenvalue weighted by molar-refractivity contribution is 14.0. The number of hydrogen-bond donors (Lipinski definition) is 3. The van der Waals surface area contributed by atoms with E-state index in [1.54, 1.807) is 0 Å². The first-order valence-corrected chi connectivity index (χ1v) is 8.25. The Bertz CT molecular complexity index is 526. The zero-order chi connectivity index (χ0) is 17.6. The van der Waals surface area contributed by atoms with Gasteiger partial charge in [-0.2, -0.15) is 0 Å². The van der Waals surface area contributed by atoms with Gasteiger partial charge in [0.25, 0.3) is 5.91 Å². The molecule has 25 heavy (non-hydrogen) atoms. The average molecular weight is 464 g/mol. The van der Waals surface area contributed by atoms with Crippen LogP contribution in [0.25, 0.3) is 0 Å². The summed E-state index contributed by atoms with van der Waals surface area (Å²) in [5.41, 5.74) is 6.78. The largest absolute Gasteiger partial charge is 0.484 e. The lowest BCUT2D eigenvalue weighted by atomic mass is 10.2. The fourth-order valence-electron chi connectivity index (χ4n) is 1.90. The van der Waals surface area contributed by atoms with Gasteiger partial charge in [0.2, 0.25) is 0 Å². The van der Waals surface area contributed by atoms with Gasteiger partial charge in [0.1, 0.15) is 5.75 Å². The number of benzene rings is 1. The van der Waals surface area contributed by atoms with E-state index in [1.165, 1.54) is 0 Å². The van der Waals surface area contributed by atoms with Gasteiger partial charge in [-0.25, -0.2) is 4.99 Å². The minimum absolute atomic E-state index is 0. The van der Waals surface area contributed by atoms with Crippen LogP contribution in [-0.4, -0.2) is 44.8 Å². The van der Waals surface area contributed by atoms with Crippen LogP contribution >= 0.6 is 24.0 Å². The van der Waals surface area contributed by atoms with Crippen molar-refractivity contribution < 1.29 is 14.3 Å². The van der Waals surface area contributed by atoms with Crippen molar-refractivity contribution >= 4 is 35.8 Å². The van der Waals surface area contributed by atoms with E-state index in [1.807, 2.05) is 38.1 Å². The number of halogens is 1. The lowest BCUT2D eigenvalue weighted by Crippen LogP contribution is -2.32. The maximum absolute atomic E-state index is 11.4. The molecule has 7 nitrogen and oxygen atoms in total. The van der Waals surface area contributed by atoms with Gasteiger partial charge in [0.05, 0.1) is 6.54 Å². The summed E-state index contributed by atoms with van der Waals surface area (Å²) in [6, 6.07) is 7.46. The third-order valence-corrected chi connectivity index (χ3v) is 3.05. The summed E-state index contributed by atoms with van der Waals surface area (Å²) in [6.45, 7) is 7.04. The number of likely N-dealkylation sites (N-methyl/N-ethyl adjacent to an activating group) is 1. The molecule has 1 aromatic rings. The molecule has 0 radical (unpaired) electrons. The molecular weight excluding hydrogens is 435 g/mol. The molecule has 142 valence electrons. The molecule has 0 aromatic heterocycles. The first-order valence-electron chi connectivity index (χ1n) is 8.25. The third kappa shape index (κ3) is 11.6. The van der Waals surface area contributed by atoms with Crippen molar-refractivity contribution in [2.75, 3.05) is 32.9 Å². The van der Waals surface area contributed by atoms with Gasteiger partial charge in [-0.3, -0.25) is 4.79 Å². The molecule has 0 spiro atoms. The number of nitrogens with zero attached hydrogens (tertiary/aromatic N) is 1. The number of guanidine groups is 1. The SMILES string of the molecule is CCNC(=O)COc1cccc(CN=C(N)NCCCOCC)c1.I. The summed E-state index contributed by atoms with van der Waals surface area (Å²) >= 11 is 0. The quantitative estimate of drug-likeness (QED) is 0.200. The van der Waals surface area contributed by atoms with E-state index < -0.39 is 0 Å². The maximum Gasteiger partial charge on any atom is 0.257 e. The number of ether oxygens (including phenoxy) is 2. The van der Waals surface area contributed by atoms with E-state index in [-0.39, 0.29) is 36.5 Å².